The van der Waals surface area contributed by atoms with Crippen molar-refractivity contribution in [2.24, 2.45) is 0 Å². The Bertz CT molecular complexity index is 1590. The summed E-state index contributed by atoms with van der Waals surface area (Å²) in [6.07, 6.45) is 1.75. The number of oxazole rings is 1. The summed E-state index contributed by atoms with van der Waals surface area (Å²) < 4.78 is 19.7. The van der Waals surface area contributed by atoms with Crippen LogP contribution in [0.1, 0.15) is 28.3 Å². The van der Waals surface area contributed by atoms with E-state index in [1.807, 2.05) is 79.7 Å². The van der Waals surface area contributed by atoms with Crippen molar-refractivity contribution in [2.75, 3.05) is 7.11 Å². The number of para-hydroxylation sites is 1. The Labute approximate surface area is 215 Å². The van der Waals surface area contributed by atoms with Crippen LogP contribution in [-0.4, -0.2) is 21.8 Å². The molecule has 6 nitrogen and oxygen atoms in total. The lowest BCUT2D eigenvalue weighted by atomic mass is 10.1. The predicted molar refractivity (Wildman–Crippen MR) is 147 cm³/mol. The van der Waals surface area contributed by atoms with Gasteiger partial charge in [0.2, 0.25) is 5.89 Å². The zero-order valence-electron chi connectivity index (χ0n) is 20.9. The highest BCUT2D eigenvalue weighted by Crippen LogP contribution is 2.34. The highest BCUT2D eigenvalue weighted by atomic mass is 16.5. The lowest BCUT2D eigenvalue weighted by Crippen LogP contribution is -2.04. The predicted octanol–water partition coefficient (Wildman–Crippen LogP) is 7.41. The molecule has 5 rings (SSSR count). The Kier molecular flexibility index (Phi) is 6.56. The maximum atomic E-state index is 10.3. The maximum Gasteiger partial charge on any atom is 0.226 e. The van der Waals surface area contributed by atoms with Crippen LogP contribution < -0.4 is 9.47 Å². The van der Waals surface area contributed by atoms with Gasteiger partial charge in [-0.1, -0.05) is 55.6 Å². The minimum absolute atomic E-state index is 0.0183. The van der Waals surface area contributed by atoms with Gasteiger partial charge in [-0.25, -0.2) is 4.98 Å². The Morgan fingerprint density at radius 2 is 1.81 bits per heavy atom. The van der Waals surface area contributed by atoms with Gasteiger partial charge in [0.1, 0.15) is 23.8 Å². The van der Waals surface area contributed by atoms with Crippen LogP contribution in [0.4, 0.5) is 0 Å². The van der Waals surface area contributed by atoms with Crippen LogP contribution in [-0.2, 0) is 13.2 Å². The molecule has 0 amide bonds. The number of aryl methyl sites for hydroxylation is 1. The normalized spacial score (nSPS) is 11.0. The van der Waals surface area contributed by atoms with Gasteiger partial charge in [0, 0.05) is 28.6 Å². The first-order chi connectivity index (χ1) is 18.0. The van der Waals surface area contributed by atoms with E-state index < -0.39 is 0 Å². The van der Waals surface area contributed by atoms with Crippen molar-refractivity contribution >= 4 is 22.7 Å². The number of methoxy groups -OCH3 is 1. The van der Waals surface area contributed by atoms with Crippen molar-refractivity contribution in [1.29, 1.82) is 0 Å². The second-order valence-corrected chi connectivity index (χ2v) is 8.68. The molecule has 2 heterocycles. The Hall–Kier alpha value is -4.71. The van der Waals surface area contributed by atoms with E-state index in [2.05, 4.69) is 22.7 Å². The second kappa shape index (κ2) is 10.1. The molecule has 0 aliphatic carbocycles. The number of hydrogen-bond donors (Lipinski definition) is 1. The van der Waals surface area contributed by atoms with E-state index in [1.54, 1.807) is 13.2 Å². The molecule has 0 fully saturated rings. The van der Waals surface area contributed by atoms with Gasteiger partial charge in [0.15, 0.2) is 11.5 Å². The molecule has 0 aliphatic rings. The second-order valence-electron chi connectivity index (χ2n) is 8.68. The minimum atomic E-state index is 0.0183. The van der Waals surface area contributed by atoms with E-state index in [0.717, 1.165) is 33.4 Å². The number of benzene rings is 3. The van der Waals surface area contributed by atoms with E-state index >= 15 is 0 Å². The molecular weight excluding hydrogens is 464 g/mol. The molecule has 0 saturated carbocycles. The molecule has 0 atom stereocenters. The van der Waals surface area contributed by atoms with Crippen molar-refractivity contribution in [3.05, 3.63) is 114 Å². The van der Waals surface area contributed by atoms with Crippen LogP contribution in [0.25, 0.3) is 34.2 Å². The van der Waals surface area contributed by atoms with E-state index in [9.17, 15) is 5.11 Å². The van der Waals surface area contributed by atoms with E-state index in [0.29, 0.717) is 35.3 Å². The highest BCUT2D eigenvalue weighted by molar-refractivity contribution is 5.95. The van der Waals surface area contributed by atoms with Gasteiger partial charge in [-0.2, -0.15) is 0 Å². The number of rotatable bonds is 9. The molecule has 3 aromatic carbocycles. The average molecular weight is 493 g/mol. The summed E-state index contributed by atoms with van der Waals surface area (Å²) in [6.45, 7) is 10.4. The molecule has 37 heavy (non-hydrogen) atoms. The number of nitrogens with zero attached hydrogens (tertiary/aromatic N) is 2. The van der Waals surface area contributed by atoms with Crippen molar-refractivity contribution in [1.82, 2.24) is 9.55 Å². The van der Waals surface area contributed by atoms with Crippen LogP contribution in [0.5, 0.6) is 11.5 Å². The summed E-state index contributed by atoms with van der Waals surface area (Å²) in [5.41, 5.74) is 5.14. The van der Waals surface area contributed by atoms with E-state index in [-0.39, 0.29) is 12.4 Å². The molecule has 0 unspecified atom stereocenters. The Balaban J connectivity index is 1.40. The fourth-order valence-corrected chi connectivity index (χ4v) is 4.53. The van der Waals surface area contributed by atoms with Crippen LogP contribution in [0.2, 0.25) is 0 Å². The van der Waals surface area contributed by atoms with Crippen molar-refractivity contribution in [3.63, 3.8) is 0 Å². The fourth-order valence-electron chi connectivity index (χ4n) is 4.53. The Morgan fingerprint density at radius 1 is 1.05 bits per heavy atom. The lowest BCUT2D eigenvalue weighted by molar-refractivity contribution is 0.279. The van der Waals surface area contributed by atoms with Crippen LogP contribution in [0.3, 0.4) is 0 Å². The molecule has 2 aromatic heterocycles. The molecule has 0 spiro atoms. The third-order valence-corrected chi connectivity index (χ3v) is 6.34. The molecule has 6 heteroatoms. The monoisotopic (exact) mass is 492 g/mol. The number of aromatic nitrogens is 2. The summed E-state index contributed by atoms with van der Waals surface area (Å²) >= 11 is 0. The summed E-state index contributed by atoms with van der Waals surface area (Å²) in [6, 6.07) is 23.5. The van der Waals surface area contributed by atoms with Gasteiger partial charge in [0.05, 0.1) is 12.8 Å². The standard InChI is InChI=1S/C31H28N2O4/c1-5-26-30(20(2)34)24-13-9-10-14-27(24)33(26)18-22-15-16-28(29(17-22)35-4)36-19-25-21(3)37-31(32-25)23-11-7-6-8-12-23/h5-17,34H,1-2,18-19H2,3-4H3. The van der Waals surface area contributed by atoms with Crippen LogP contribution in [0, 0.1) is 6.92 Å². The number of hydrogen-bond acceptors (Lipinski definition) is 5. The number of aliphatic hydroxyl groups excluding tert-OH is 1. The smallest absolute Gasteiger partial charge is 0.226 e. The zero-order chi connectivity index (χ0) is 25.9. The van der Waals surface area contributed by atoms with Crippen LogP contribution in [0.15, 0.2) is 90.4 Å². The number of aliphatic hydroxyl groups is 1. The summed E-state index contributed by atoms with van der Waals surface area (Å²) in [5.74, 6) is 2.53. The molecule has 0 saturated heterocycles. The maximum absolute atomic E-state index is 10.3. The van der Waals surface area contributed by atoms with Crippen molar-refractivity contribution in [2.45, 2.75) is 20.1 Å². The number of ether oxygens (including phenoxy) is 2. The van der Waals surface area contributed by atoms with E-state index in [4.69, 9.17) is 13.9 Å². The molecule has 186 valence electrons. The summed E-state index contributed by atoms with van der Waals surface area (Å²) in [4.78, 5) is 4.62. The Morgan fingerprint density at radius 3 is 2.54 bits per heavy atom. The third kappa shape index (κ3) is 4.61. The minimum Gasteiger partial charge on any atom is -0.508 e. The fraction of sp³-hybridized carbons (Fsp3) is 0.129. The SMILES string of the molecule is C=Cc1c(C(=C)O)c2ccccc2n1Cc1ccc(OCc2nc(-c3ccccc3)oc2C)c(OC)c1. The number of fused-ring (bicyclic) bond motifs is 1. The van der Waals surface area contributed by atoms with E-state index in [1.165, 1.54) is 0 Å². The first-order valence-corrected chi connectivity index (χ1v) is 11.9. The third-order valence-electron chi connectivity index (χ3n) is 6.34. The van der Waals surface area contributed by atoms with Crippen molar-refractivity contribution in [3.8, 4) is 23.0 Å². The van der Waals surface area contributed by atoms with Crippen molar-refractivity contribution < 1.29 is 19.0 Å². The molecule has 0 aliphatic heterocycles. The molecule has 0 radical (unpaired) electrons. The van der Waals surface area contributed by atoms with Gasteiger partial charge in [-0.15, -0.1) is 0 Å². The first kappa shape index (κ1) is 24.0. The quantitative estimate of drug-likeness (QED) is 0.217. The van der Waals surface area contributed by atoms with Gasteiger partial charge in [-0.05, 0) is 48.9 Å². The average Bonchev–Trinajstić information content (AvgIpc) is 3.45. The van der Waals surface area contributed by atoms with Gasteiger partial charge in [0.25, 0.3) is 0 Å². The largest absolute Gasteiger partial charge is 0.508 e. The topological polar surface area (TPSA) is 69.7 Å². The summed E-state index contributed by atoms with van der Waals surface area (Å²) in [5, 5.41) is 11.2. The van der Waals surface area contributed by atoms with Gasteiger partial charge < -0.3 is 23.6 Å². The van der Waals surface area contributed by atoms with Crippen LogP contribution >= 0.6 is 0 Å². The molecular formula is C31H28N2O4. The van der Waals surface area contributed by atoms with Gasteiger partial charge in [-0.3, -0.25) is 0 Å². The molecule has 0 bridgehead atoms. The zero-order valence-corrected chi connectivity index (χ0v) is 20.9. The molecule has 1 N–H and O–H groups in total. The first-order valence-electron chi connectivity index (χ1n) is 11.9. The lowest BCUT2D eigenvalue weighted by Gasteiger charge is -2.14. The highest BCUT2D eigenvalue weighted by Gasteiger charge is 2.18. The summed E-state index contributed by atoms with van der Waals surface area (Å²) in [7, 11) is 1.62. The molecule has 5 aromatic rings. The van der Waals surface area contributed by atoms with Gasteiger partial charge >= 0.3 is 0 Å².